The smallest absolute Gasteiger partial charge is 0.242 e. The molecule has 0 fully saturated rings. The lowest BCUT2D eigenvalue weighted by Gasteiger charge is -2.19. The van der Waals surface area contributed by atoms with Crippen molar-refractivity contribution >= 4 is 24.0 Å². The SMILES string of the molecule is CC(C)C[C@@H](C=O)NC(=O)[C@H](C)NC(=O)CNC(=O)[C@@H](N)Cc1ccccc1. The highest BCUT2D eigenvalue weighted by molar-refractivity contribution is 5.91. The number of hydrogen-bond acceptors (Lipinski definition) is 5. The summed E-state index contributed by atoms with van der Waals surface area (Å²) in [5.41, 5.74) is 6.78. The Bertz CT molecular complexity index is 663. The normalized spacial score (nSPS) is 13.9. The average molecular weight is 390 g/mol. The summed E-state index contributed by atoms with van der Waals surface area (Å²) in [6, 6.07) is 7.11. The van der Waals surface area contributed by atoms with Crippen LogP contribution in [0.4, 0.5) is 0 Å². The molecular weight excluding hydrogens is 360 g/mol. The molecule has 0 bridgehead atoms. The minimum Gasteiger partial charge on any atom is -0.346 e. The van der Waals surface area contributed by atoms with Gasteiger partial charge >= 0.3 is 0 Å². The van der Waals surface area contributed by atoms with E-state index in [9.17, 15) is 19.2 Å². The van der Waals surface area contributed by atoms with E-state index in [-0.39, 0.29) is 12.5 Å². The zero-order chi connectivity index (χ0) is 21.1. The summed E-state index contributed by atoms with van der Waals surface area (Å²) >= 11 is 0. The lowest BCUT2D eigenvalue weighted by Crippen LogP contribution is -2.51. The molecule has 0 aromatic heterocycles. The van der Waals surface area contributed by atoms with Crippen LogP contribution in [0.5, 0.6) is 0 Å². The van der Waals surface area contributed by atoms with Crippen molar-refractivity contribution in [3.05, 3.63) is 35.9 Å². The molecule has 1 aromatic rings. The molecule has 3 atom stereocenters. The van der Waals surface area contributed by atoms with E-state index >= 15 is 0 Å². The number of rotatable bonds is 11. The lowest BCUT2D eigenvalue weighted by atomic mass is 10.0. The third kappa shape index (κ3) is 8.77. The van der Waals surface area contributed by atoms with Crippen molar-refractivity contribution in [1.82, 2.24) is 16.0 Å². The molecule has 0 radical (unpaired) electrons. The maximum atomic E-state index is 12.1. The van der Waals surface area contributed by atoms with Crippen LogP contribution in [0.15, 0.2) is 30.3 Å². The molecule has 5 N–H and O–H groups in total. The molecule has 0 aliphatic carbocycles. The maximum Gasteiger partial charge on any atom is 0.242 e. The predicted molar refractivity (Wildman–Crippen MR) is 106 cm³/mol. The summed E-state index contributed by atoms with van der Waals surface area (Å²) in [6.45, 7) is 5.10. The first-order chi connectivity index (χ1) is 13.2. The summed E-state index contributed by atoms with van der Waals surface area (Å²) in [6.07, 6.45) is 1.56. The minimum absolute atomic E-state index is 0.246. The highest BCUT2D eigenvalue weighted by Crippen LogP contribution is 2.03. The molecular formula is C20H30N4O4. The summed E-state index contributed by atoms with van der Waals surface area (Å²) in [4.78, 5) is 47.1. The fraction of sp³-hybridized carbons (Fsp3) is 0.500. The monoisotopic (exact) mass is 390 g/mol. The van der Waals surface area contributed by atoms with E-state index in [0.29, 0.717) is 19.1 Å². The number of amides is 3. The third-order valence-electron chi connectivity index (χ3n) is 4.05. The fourth-order valence-electron chi connectivity index (χ4n) is 2.58. The Balaban J connectivity index is 2.38. The van der Waals surface area contributed by atoms with Gasteiger partial charge in [0, 0.05) is 0 Å². The zero-order valence-corrected chi connectivity index (χ0v) is 16.6. The number of carbonyl (C=O) groups excluding carboxylic acids is 4. The van der Waals surface area contributed by atoms with Crippen LogP contribution in [0.2, 0.25) is 0 Å². The van der Waals surface area contributed by atoms with Crippen molar-refractivity contribution in [3.63, 3.8) is 0 Å². The number of hydrogen-bond donors (Lipinski definition) is 4. The number of nitrogens with one attached hydrogen (secondary N) is 3. The van der Waals surface area contributed by atoms with Gasteiger partial charge in [0.15, 0.2) is 0 Å². The van der Waals surface area contributed by atoms with Gasteiger partial charge in [0.05, 0.1) is 18.6 Å². The predicted octanol–water partition coefficient (Wildman–Crippen LogP) is -0.0929. The first kappa shape index (κ1) is 23.3. The van der Waals surface area contributed by atoms with Gasteiger partial charge in [-0.05, 0) is 31.2 Å². The maximum absolute atomic E-state index is 12.1. The van der Waals surface area contributed by atoms with Gasteiger partial charge in [0.1, 0.15) is 12.3 Å². The molecule has 1 rings (SSSR count). The second-order valence-corrected chi connectivity index (χ2v) is 7.18. The Morgan fingerprint density at radius 2 is 1.68 bits per heavy atom. The van der Waals surface area contributed by atoms with Crippen LogP contribution in [0.1, 0.15) is 32.8 Å². The lowest BCUT2D eigenvalue weighted by molar-refractivity contribution is -0.130. The van der Waals surface area contributed by atoms with Crippen LogP contribution in [0.3, 0.4) is 0 Å². The van der Waals surface area contributed by atoms with Crippen molar-refractivity contribution in [2.24, 2.45) is 11.7 Å². The minimum atomic E-state index is -0.836. The van der Waals surface area contributed by atoms with Gasteiger partial charge in [-0.3, -0.25) is 14.4 Å². The number of aldehydes is 1. The molecule has 3 amide bonds. The van der Waals surface area contributed by atoms with Crippen LogP contribution in [-0.2, 0) is 25.6 Å². The number of nitrogens with two attached hydrogens (primary N) is 1. The molecule has 0 heterocycles. The van der Waals surface area contributed by atoms with Crippen molar-refractivity contribution in [1.29, 1.82) is 0 Å². The van der Waals surface area contributed by atoms with Gasteiger partial charge in [-0.25, -0.2) is 0 Å². The quantitative estimate of drug-likeness (QED) is 0.392. The Morgan fingerprint density at radius 1 is 1.04 bits per heavy atom. The standard InChI is InChI=1S/C20H30N4O4/c1-13(2)9-16(12-25)24-19(27)14(3)23-18(26)11-22-20(28)17(21)10-15-7-5-4-6-8-15/h4-8,12-14,16-17H,9-11,21H2,1-3H3,(H,22,28)(H,23,26)(H,24,27)/t14-,16-,17-/m0/s1. The van der Waals surface area contributed by atoms with Crippen LogP contribution in [0.25, 0.3) is 0 Å². The van der Waals surface area contributed by atoms with Gasteiger partial charge in [0.2, 0.25) is 17.7 Å². The summed E-state index contributed by atoms with van der Waals surface area (Å²) in [5.74, 6) is -1.18. The van der Waals surface area contributed by atoms with Gasteiger partial charge < -0.3 is 26.5 Å². The Kier molecular flexibility index (Phi) is 9.87. The summed E-state index contributed by atoms with van der Waals surface area (Å²) in [7, 11) is 0. The van der Waals surface area contributed by atoms with E-state index in [2.05, 4.69) is 16.0 Å². The molecule has 0 aliphatic heterocycles. The van der Waals surface area contributed by atoms with E-state index in [4.69, 9.17) is 5.73 Å². The van der Waals surface area contributed by atoms with Gasteiger partial charge in [-0.2, -0.15) is 0 Å². The highest BCUT2D eigenvalue weighted by atomic mass is 16.2. The summed E-state index contributed by atoms with van der Waals surface area (Å²) in [5, 5.41) is 7.53. The van der Waals surface area contributed by atoms with Crippen molar-refractivity contribution in [2.75, 3.05) is 6.54 Å². The van der Waals surface area contributed by atoms with Gasteiger partial charge in [-0.1, -0.05) is 44.2 Å². The van der Waals surface area contributed by atoms with Crippen LogP contribution >= 0.6 is 0 Å². The molecule has 8 heteroatoms. The molecule has 154 valence electrons. The van der Waals surface area contributed by atoms with Gasteiger partial charge in [0.25, 0.3) is 0 Å². The Labute approximate surface area is 165 Å². The van der Waals surface area contributed by atoms with E-state index < -0.39 is 35.8 Å². The van der Waals surface area contributed by atoms with Crippen molar-refractivity contribution in [2.45, 2.75) is 51.7 Å². The van der Waals surface area contributed by atoms with Crippen molar-refractivity contribution < 1.29 is 19.2 Å². The molecule has 28 heavy (non-hydrogen) atoms. The molecule has 0 unspecified atom stereocenters. The fourth-order valence-corrected chi connectivity index (χ4v) is 2.58. The average Bonchev–Trinajstić information content (AvgIpc) is 2.65. The molecule has 0 aliphatic rings. The molecule has 0 spiro atoms. The molecule has 8 nitrogen and oxygen atoms in total. The summed E-state index contributed by atoms with van der Waals surface area (Å²) < 4.78 is 0. The van der Waals surface area contributed by atoms with E-state index in [0.717, 1.165) is 5.56 Å². The van der Waals surface area contributed by atoms with E-state index in [1.807, 2.05) is 44.2 Å². The Hall–Kier alpha value is -2.74. The van der Waals surface area contributed by atoms with Crippen LogP contribution < -0.4 is 21.7 Å². The van der Waals surface area contributed by atoms with Gasteiger partial charge in [-0.15, -0.1) is 0 Å². The third-order valence-corrected chi connectivity index (χ3v) is 4.05. The topological polar surface area (TPSA) is 130 Å². The van der Waals surface area contributed by atoms with Crippen LogP contribution in [-0.4, -0.2) is 48.7 Å². The van der Waals surface area contributed by atoms with Crippen LogP contribution in [0, 0.1) is 5.92 Å². The second-order valence-electron chi connectivity index (χ2n) is 7.18. The first-order valence-corrected chi connectivity index (χ1v) is 9.35. The number of benzene rings is 1. The second kappa shape index (κ2) is 11.9. The highest BCUT2D eigenvalue weighted by Gasteiger charge is 2.20. The zero-order valence-electron chi connectivity index (χ0n) is 16.6. The first-order valence-electron chi connectivity index (χ1n) is 9.35. The van der Waals surface area contributed by atoms with Crippen molar-refractivity contribution in [3.8, 4) is 0 Å². The largest absolute Gasteiger partial charge is 0.346 e. The van der Waals surface area contributed by atoms with E-state index in [1.54, 1.807) is 0 Å². The molecule has 0 saturated heterocycles. The number of carbonyl (C=O) groups is 4. The molecule has 0 saturated carbocycles. The molecule has 1 aromatic carbocycles. The van der Waals surface area contributed by atoms with E-state index in [1.165, 1.54) is 6.92 Å². The Morgan fingerprint density at radius 3 is 2.25 bits per heavy atom.